The molecule has 0 aliphatic carbocycles. The maximum Gasteiger partial charge on any atom is 0.431 e. The molecule has 2 rings (SSSR count). The van der Waals surface area contributed by atoms with E-state index in [1.54, 1.807) is 4.98 Å². The van der Waals surface area contributed by atoms with Gasteiger partial charge >= 0.3 is 6.18 Å². The predicted molar refractivity (Wildman–Crippen MR) is 66.9 cm³/mol. The smallest absolute Gasteiger partial charge is 0.400 e. The predicted octanol–water partition coefficient (Wildman–Crippen LogP) is 1.76. The number of halogens is 3. The van der Waals surface area contributed by atoms with Crippen molar-refractivity contribution in [1.29, 1.82) is 0 Å². The van der Waals surface area contributed by atoms with Gasteiger partial charge in [-0.15, -0.1) is 0 Å². The third kappa shape index (κ3) is 8.39. The fourth-order valence-corrected chi connectivity index (χ4v) is 1.41. The molecule has 1 aliphatic rings. The average Bonchev–Trinajstić information content (AvgIpc) is 2.43. The molecule has 0 saturated carbocycles. The van der Waals surface area contributed by atoms with Crippen molar-refractivity contribution in [2.75, 3.05) is 20.2 Å². The minimum atomic E-state index is -4.47. The summed E-state index contributed by atoms with van der Waals surface area (Å²) in [6, 6.07) is 2.89. The first-order chi connectivity index (χ1) is 9.00. The molecule has 0 aromatic carbocycles. The molecular weight excluding hydrogens is 261 g/mol. The molecule has 1 saturated heterocycles. The van der Waals surface area contributed by atoms with Gasteiger partial charge in [-0.05, 0) is 32.0 Å². The van der Waals surface area contributed by atoms with Gasteiger partial charge in [-0.25, -0.2) is 0 Å². The molecule has 0 radical (unpaired) electrons. The standard InChI is InChI=1S/C6H4F3NO.C5H11N.CH4O/c7-6(8,9)4-2-1-3-5(11)10-4;1-2-4-6-5-3-1;1-2/h1-3H,(H,10,11);6H,1-5H2;2H,1H3. The Morgan fingerprint density at radius 1 is 1.11 bits per heavy atom. The highest BCUT2D eigenvalue weighted by Crippen LogP contribution is 2.25. The van der Waals surface area contributed by atoms with Crippen molar-refractivity contribution in [1.82, 2.24) is 10.3 Å². The number of hydrogen-bond donors (Lipinski definition) is 3. The Balaban J connectivity index is 0.000000341. The van der Waals surface area contributed by atoms with Crippen molar-refractivity contribution < 1.29 is 18.3 Å². The van der Waals surface area contributed by atoms with Gasteiger partial charge in [0.2, 0.25) is 5.56 Å². The van der Waals surface area contributed by atoms with Gasteiger partial charge in [0.25, 0.3) is 0 Å². The van der Waals surface area contributed by atoms with Gasteiger partial charge < -0.3 is 15.4 Å². The molecule has 1 aromatic rings. The van der Waals surface area contributed by atoms with Crippen LogP contribution in [0.15, 0.2) is 23.0 Å². The summed E-state index contributed by atoms with van der Waals surface area (Å²) in [6.07, 6.45) is -0.257. The van der Waals surface area contributed by atoms with Crippen LogP contribution in [-0.2, 0) is 6.18 Å². The lowest BCUT2D eigenvalue weighted by atomic mass is 10.2. The second kappa shape index (κ2) is 9.57. The second-order valence-electron chi connectivity index (χ2n) is 3.74. The Kier molecular flexibility index (Phi) is 8.90. The summed E-state index contributed by atoms with van der Waals surface area (Å²) in [5, 5.41) is 10.3. The van der Waals surface area contributed by atoms with E-state index in [1.165, 1.54) is 32.4 Å². The van der Waals surface area contributed by atoms with Crippen LogP contribution in [0.2, 0.25) is 0 Å². The maximum atomic E-state index is 11.8. The zero-order valence-corrected chi connectivity index (χ0v) is 10.8. The first-order valence-electron chi connectivity index (χ1n) is 5.92. The Labute approximate surface area is 109 Å². The first kappa shape index (κ1) is 17.7. The van der Waals surface area contributed by atoms with Crippen LogP contribution in [0.4, 0.5) is 13.2 Å². The number of piperidine rings is 1. The molecule has 0 unspecified atom stereocenters. The van der Waals surface area contributed by atoms with E-state index >= 15 is 0 Å². The molecule has 0 atom stereocenters. The number of rotatable bonds is 0. The van der Waals surface area contributed by atoms with Crippen LogP contribution in [0.5, 0.6) is 0 Å². The van der Waals surface area contributed by atoms with Crippen LogP contribution in [-0.4, -0.2) is 30.3 Å². The zero-order chi connectivity index (χ0) is 14.7. The summed E-state index contributed by atoms with van der Waals surface area (Å²) >= 11 is 0. The average molecular weight is 280 g/mol. The fourth-order valence-electron chi connectivity index (χ4n) is 1.41. The van der Waals surface area contributed by atoms with Crippen LogP contribution in [0.1, 0.15) is 25.0 Å². The number of aliphatic hydroxyl groups excluding tert-OH is 1. The highest BCUT2D eigenvalue weighted by Gasteiger charge is 2.31. The summed E-state index contributed by atoms with van der Waals surface area (Å²) in [5.41, 5.74) is -1.77. The number of nitrogens with one attached hydrogen (secondary N) is 2. The van der Waals surface area contributed by atoms with Gasteiger partial charge in [0.15, 0.2) is 0 Å². The second-order valence-corrected chi connectivity index (χ2v) is 3.74. The minimum Gasteiger partial charge on any atom is -0.400 e. The lowest BCUT2D eigenvalue weighted by molar-refractivity contribution is -0.141. The molecular formula is C12H19F3N2O2. The minimum absolute atomic E-state index is 0.750. The van der Waals surface area contributed by atoms with Crippen molar-refractivity contribution in [3.8, 4) is 0 Å². The number of hydrogen-bond acceptors (Lipinski definition) is 3. The van der Waals surface area contributed by atoms with Gasteiger partial charge in [-0.1, -0.05) is 12.5 Å². The van der Waals surface area contributed by atoms with Gasteiger partial charge in [0, 0.05) is 13.2 Å². The summed E-state index contributed by atoms with van der Waals surface area (Å²) in [7, 11) is 1.00. The molecule has 4 nitrogen and oxygen atoms in total. The van der Waals surface area contributed by atoms with Crippen molar-refractivity contribution in [2.24, 2.45) is 0 Å². The summed E-state index contributed by atoms with van der Waals surface area (Å²) in [5.74, 6) is 0. The Morgan fingerprint density at radius 3 is 1.95 bits per heavy atom. The van der Waals surface area contributed by atoms with Crippen molar-refractivity contribution in [2.45, 2.75) is 25.4 Å². The lowest BCUT2D eigenvalue weighted by Crippen LogP contribution is -2.21. The van der Waals surface area contributed by atoms with E-state index in [0.717, 1.165) is 25.3 Å². The number of H-pyrrole nitrogens is 1. The van der Waals surface area contributed by atoms with Crippen LogP contribution in [0, 0.1) is 0 Å². The largest absolute Gasteiger partial charge is 0.431 e. The van der Waals surface area contributed by atoms with Gasteiger partial charge in [-0.2, -0.15) is 13.2 Å². The monoisotopic (exact) mass is 280 g/mol. The quantitative estimate of drug-likeness (QED) is 0.678. The lowest BCUT2D eigenvalue weighted by Gasteiger charge is -2.08. The highest BCUT2D eigenvalue weighted by molar-refractivity contribution is 5.06. The normalized spacial score (nSPS) is 14.6. The first-order valence-corrected chi connectivity index (χ1v) is 5.92. The van der Waals surface area contributed by atoms with E-state index in [4.69, 9.17) is 5.11 Å². The van der Waals surface area contributed by atoms with Crippen molar-refractivity contribution in [3.63, 3.8) is 0 Å². The number of pyridine rings is 1. The van der Waals surface area contributed by atoms with Crippen molar-refractivity contribution >= 4 is 0 Å². The van der Waals surface area contributed by atoms with Gasteiger partial charge in [-0.3, -0.25) is 4.79 Å². The maximum absolute atomic E-state index is 11.8. The summed E-state index contributed by atoms with van der Waals surface area (Å²) < 4.78 is 35.4. The van der Waals surface area contributed by atoms with E-state index in [1.807, 2.05) is 0 Å². The van der Waals surface area contributed by atoms with E-state index < -0.39 is 17.4 Å². The number of aliphatic hydroxyl groups is 1. The van der Waals surface area contributed by atoms with Crippen LogP contribution >= 0.6 is 0 Å². The van der Waals surface area contributed by atoms with Gasteiger partial charge in [0.1, 0.15) is 5.69 Å². The highest BCUT2D eigenvalue weighted by atomic mass is 19.4. The van der Waals surface area contributed by atoms with Crippen LogP contribution in [0.25, 0.3) is 0 Å². The summed E-state index contributed by atoms with van der Waals surface area (Å²) in [4.78, 5) is 12.0. The molecule has 0 bridgehead atoms. The molecule has 110 valence electrons. The molecule has 7 heteroatoms. The molecule has 19 heavy (non-hydrogen) atoms. The van der Waals surface area contributed by atoms with E-state index in [-0.39, 0.29) is 0 Å². The number of alkyl halides is 3. The molecule has 1 fully saturated rings. The van der Waals surface area contributed by atoms with Crippen LogP contribution < -0.4 is 10.9 Å². The SMILES string of the molecule is C1CCNCC1.CO.O=c1cccc(C(F)(F)F)[nH]1. The molecule has 0 spiro atoms. The molecule has 1 aromatic heterocycles. The van der Waals surface area contributed by atoms with E-state index in [0.29, 0.717) is 0 Å². The summed E-state index contributed by atoms with van der Waals surface area (Å²) in [6.45, 7) is 2.50. The zero-order valence-electron chi connectivity index (χ0n) is 10.8. The van der Waals surface area contributed by atoms with E-state index in [9.17, 15) is 18.0 Å². The third-order valence-electron chi connectivity index (χ3n) is 2.28. The van der Waals surface area contributed by atoms with Gasteiger partial charge in [0.05, 0.1) is 0 Å². The molecule has 0 amide bonds. The molecule has 1 aliphatic heterocycles. The molecule has 2 heterocycles. The topological polar surface area (TPSA) is 65.1 Å². The van der Waals surface area contributed by atoms with Crippen molar-refractivity contribution in [3.05, 3.63) is 34.2 Å². The Morgan fingerprint density at radius 2 is 1.68 bits per heavy atom. The van der Waals surface area contributed by atoms with E-state index in [2.05, 4.69) is 5.32 Å². The Bertz CT molecular complexity index is 376. The number of aromatic amines is 1. The van der Waals surface area contributed by atoms with Crippen LogP contribution in [0.3, 0.4) is 0 Å². The number of aromatic nitrogens is 1. The fraction of sp³-hybridized carbons (Fsp3) is 0.583. The Hall–Kier alpha value is -1.34. The third-order valence-corrected chi connectivity index (χ3v) is 2.28. The molecule has 3 N–H and O–H groups in total.